The van der Waals surface area contributed by atoms with Gasteiger partial charge in [0.1, 0.15) is 11.5 Å². The monoisotopic (exact) mass is 272 g/mol. The zero-order valence-electron chi connectivity index (χ0n) is 8.50. The number of carbonyl (C=O) groups excluding carboxylic acids is 1. The summed E-state index contributed by atoms with van der Waals surface area (Å²) in [6, 6.07) is 4.68. The number of hydrogen-bond donors (Lipinski definition) is 1. The molecule has 0 atom stereocenters. The summed E-state index contributed by atoms with van der Waals surface area (Å²) in [6.45, 7) is 2.00. The fourth-order valence-electron chi connectivity index (χ4n) is 1.13. The molecule has 0 heterocycles. The Balaban J connectivity index is 2.74. The first-order chi connectivity index (χ1) is 7.15. The number of phenols is 1. The van der Waals surface area contributed by atoms with Crippen LogP contribution >= 0.6 is 15.9 Å². The molecular weight excluding hydrogens is 260 g/mol. The molecule has 82 valence electrons. The molecule has 0 spiro atoms. The van der Waals surface area contributed by atoms with Gasteiger partial charge in [-0.2, -0.15) is 0 Å². The second-order valence-corrected chi connectivity index (χ2v) is 3.92. The molecule has 15 heavy (non-hydrogen) atoms. The predicted octanol–water partition coefficient (Wildman–Crippen LogP) is 2.76. The lowest BCUT2D eigenvalue weighted by atomic mass is 10.1. The first-order valence-corrected chi connectivity index (χ1v) is 5.80. The second-order valence-electron chi connectivity index (χ2n) is 3.13. The number of Topliss-reactive ketones (excluding diaryl/α,β-unsaturated/α-hetero) is 1. The molecule has 1 N–H and O–H groups in total. The second kappa shape index (κ2) is 5.75. The molecule has 0 amide bonds. The van der Waals surface area contributed by atoms with Gasteiger partial charge in [0.15, 0.2) is 5.78 Å². The highest BCUT2D eigenvalue weighted by Gasteiger charge is 2.07. The molecule has 0 bridgehead atoms. The van der Waals surface area contributed by atoms with Gasteiger partial charge in [0.05, 0.1) is 12.2 Å². The van der Waals surface area contributed by atoms with Gasteiger partial charge >= 0.3 is 0 Å². The van der Waals surface area contributed by atoms with E-state index in [4.69, 9.17) is 4.74 Å². The molecule has 0 aromatic heterocycles. The number of halogens is 1. The molecule has 0 saturated heterocycles. The summed E-state index contributed by atoms with van der Waals surface area (Å²) >= 11 is 3.30. The van der Waals surface area contributed by atoms with Gasteiger partial charge in [0.2, 0.25) is 0 Å². The van der Waals surface area contributed by atoms with Crippen molar-refractivity contribution in [3.05, 3.63) is 23.8 Å². The molecule has 0 saturated carbocycles. The van der Waals surface area contributed by atoms with E-state index in [0.717, 1.165) is 11.8 Å². The van der Waals surface area contributed by atoms with Crippen LogP contribution in [0.4, 0.5) is 0 Å². The van der Waals surface area contributed by atoms with Gasteiger partial charge in [-0.1, -0.05) is 15.9 Å². The summed E-state index contributed by atoms with van der Waals surface area (Å²) in [5.74, 6) is 0.438. The van der Waals surface area contributed by atoms with Gasteiger partial charge in [-0.3, -0.25) is 4.79 Å². The number of aromatic hydroxyl groups is 1. The Labute approximate surface area is 97.2 Å². The third kappa shape index (κ3) is 3.55. The predicted molar refractivity (Wildman–Crippen MR) is 62.0 cm³/mol. The molecular formula is C11H13BrO3. The van der Waals surface area contributed by atoms with E-state index in [1.54, 1.807) is 12.1 Å². The molecule has 0 aliphatic rings. The third-order valence-electron chi connectivity index (χ3n) is 1.89. The van der Waals surface area contributed by atoms with Crippen molar-refractivity contribution in [2.24, 2.45) is 0 Å². The van der Waals surface area contributed by atoms with E-state index >= 15 is 0 Å². The Kier molecular flexibility index (Phi) is 4.62. The van der Waals surface area contributed by atoms with Crippen molar-refractivity contribution in [1.29, 1.82) is 0 Å². The molecule has 1 aromatic rings. The van der Waals surface area contributed by atoms with Gasteiger partial charge in [-0.25, -0.2) is 0 Å². The van der Waals surface area contributed by atoms with Crippen molar-refractivity contribution in [3.8, 4) is 11.5 Å². The summed E-state index contributed by atoms with van der Waals surface area (Å²) < 4.78 is 5.40. The molecule has 0 radical (unpaired) electrons. The number of ether oxygens (including phenoxy) is 1. The SMILES string of the molecule is CC(=O)c1cc(OCCCBr)ccc1O. The van der Waals surface area contributed by atoms with Crippen molar-refractivity contribution < 1.29 is 14.6 Å². The van der Waals surface area contributed by atoms with E-state index in [1.165, 1.54) is 13.0 Å². The van der Waals surface area contributed by atoms with Crippen LogP contribution in [0.1, 0.15) is 23.7 Å². The van der Waals surface area contributed by atoms with Gasteiger partial charge < -0.3 is 9.84 Å². The normalized spacial score (nSPS) is 10.0. The van der Waals surface area contributed by atoms with E-state index in [2.05, 4.69) is 15.9 Å². The Morgan fingerprint density at radius 2 is 2.27 bits per heavy atom. The number of alkyl halides is 1. The van der Waals surface area contributed by atoms with Crippen LogP contribution in [0.3, 0.4) is 0 Å². The lowest BCUT2D eigenvalue weighted by Gasteiger charge is -2.07. The minimum absolute atomic E-state index is 0.00431. The van der Waals surface area contributed by atoms with Crippen LogP contribution in [-0.4, -0.2) is 22.8 Å². The molecule has 3 nitrogen and oxygen atoms in total. The summed E-state index contributed by atoms with van der Waals surface area (Å²) in [5.41, 5.74) is 0.298. The van der Waals surface area contributed by atoms with Gasteiger partial charge in [-0.05, 0) is 31.5 Å². The van der Waals surface area contributed by atoms with Crippen LogP contribution in [0.2, 0.25) is 0 Å². The van der Waals surface area contributed by atoms with Crippen LogP contribution < -0.4 is 4.74 Å². The minimum Gasteiger partial charge on any atom is -0.507 e. The number of hydrogen-bond acceptors (Lipinski definition) is 3. The van der Waals surface area contributed by atoms with Crippen LogP contribution in [0.5, 0.6) is 11.5 Å². The largest absolute Gasteiger partial charge is 0.507 e. The topological polar surface area (TPSA) is 46.5 Å². The molecule has 1 rings (SSSR count). The number of benzene rings is 1. The Hall–Kier alpha value is -1.03. The molecule has 0 fully saturated rings. The van der Waals surface area contributed by atoms with Crippen LogP contribution in [-0.2, 0) is 0 Å². The van der Waals surface area contributed by atoms with E-state index in [1.807, 2.05) is 0 Å². The van der Waals surface area contributed by atoms with E-state index < -0.39 is 0 Å². The molecule has 1 aromatic carbocycles. The fourth-order valence-corrected chi connectivity index (χ4v) is 1.36. The molecule has 0 aliphatic heterocycles. The van der Waals surface area contributed by atoms with Crippen molar-refractivity contribution in [1.82, 2.24) is 0 Å². The highest BCUT2D eigenvalue weighted by molar-refractivity contribution is 9.09. The summed E-state index contributed by atoms with van der Waals surface area (Å²) in [5, 5.41) is 10.3. The molecule has 4 heteroatoms. The fraction of sp³-hybridized carbons (Fsp3) is 0.364. The van der Waals surface area contributed by atoms with E-state index in [0.29, 0.717) is 17.9 Å². The van der Waals surface area contributed by atoms with Gasteiger partial charge in [0.25, 0.3) is 0 Å². The Bertz CT molecular complexity index is 350. The van der Waals surface area contributed by atoms with Crippen LogP contribution in [0.15, 0.2) is 18.2 Å². The lowest BCUT2D eigenvalue weighted by molar-refractivity contribution is 0.101. The van der Waals surface area contributed by atoms with Crippen LogP contribution in [0.25, 0.3) is 0 Å². The number of phenolic OH excluding ortho intramolecular Hbond substituents is 1. The molecule has 0 aliphatic carbocycles. The summed E-state index contributed by atoms with van der Waals surface area (Å²) in [4.78, 5) is 11.1. The first kappa shape index (κ1) is 12.0. The van der Waals surface area contributed by atoms with Crippen molar-refractivity contribution in [3.63, 3.8) is 0 Å². The highest BCUT2D eigenvalue weighted by Crippen LogP contribution is 2.23. The maximum Gasteiger partial charge on any atom is 0.163 e. The average molecular weight is 273 g/mol. The van der Waals surface area contributed by atoms with Crippen molar-refractivity contribution in [2.45, 2.75) is 13.3 Å². The third-order valence-corrected chi connectivity index (χ3v) is 2.45. The van der Waals surface area contributed by atoms with Crippen molar-refractivity contribution >= 4 is 21.7 Å². The van der Waals surface area contributed by atoms with E-state index in [-0.39, 0.29) is 11.5 Å². The van der Waals surface area contributed by atoms with Gasteiger partial charge in [-0.15, -0.1) is 0 Å². The zero-order chi connectivity index (χ0) is 11.3. The number of rotatable bonds is 5. The summed E-state index contributed by atoms with van der Waals surface area (Å²) in [6.07, 6.45) is 0.899. The maximum atomic E-state index is 11.1. The zero-order valence-corrected chi connectivity index (χ0v) is 10.1. The lowest BCUT2D eigenvalue weighted by Crippen LogP contribution is -1.99. The Morgan fingerprint density at radius 3 is 2.87 bits per heavy atom. The first-order valence-electron chi connectivity index (χ1n) is 4.68. The van der Waals surface area contributed by atoms with Crippen molar-refractivity contribution in [2.75, 3.05) is 11.9 Å². The van der Waals surface area contributed by atoms with Crippen LogP contribution in [0, 0.1) is 0 Å². The number of ketones is 1. The molecule has 0 unspecified atom stereocenters. The highest BCUT2D eigenvalue weighted by atomic mass is 79.9. The smallest absolute Gasteiger partial charge is 0.163 e. The minimum atomic E-state index is -0.168. The quantitative estimate of drug-likeness (QED) is 0.509. The van der Waals surface area contributed by atoms with Gasteiger partial charge in [0, 0.05) is 5.33 Å². The Morgan fingerprint density at radius 1 is 1.53 bits per heavy atom. The van der Waals surface area contributed by atoms with E-state index in [9.17, 15) is 9.90 Å². The standard InChI is InChI=1S/C11H13BrO3/c1-8(13)10-7-9(3-4-11(10)14)15-6-2-5-12/h3-4,7,14H,2,5-6H2,1H3. The summed E-state index contributed by atoms with van der Waals surface area (Å²) in [7, 11) is 0. The maximum absolute atomic E-state index is 11.1. The number of carbonyl (C=O) groups is 1. The average Bonchev–Trinajstić information content (AvgIpc) is 2.20.